The molecule has 6 atom stereocenters. The fourth-order valence-corrected chi connectivity index (χ4v) is 5.44. The number of rotatable bonds is 5. The van der Waals surface area contributed by atoms with E-state index in [0.29, 0.717) is 6.42 Å². The van der Waals surface area contributed by atoms with E-state index >= 15 is 0 Å². The highest BCUT2D eigenvalue weighted by molar-refractivity contribution is 5.86. The van der Waals surface area contributed by atoms with E-state index in [9.17, 15) is 20.1 Å². The zero-order chi connectivity index (χ0) is 19.3. The minimum Gasteiger partial charge on any atom is -0.455 e. The molecule has 0 bridgehead atoms. The second-order valence-corrected chi connectivity index (χ2v) is 9.17. The maximum Gasteiger partial charge on any atom is 0.331 e. The lowest BCUT2D eigenvalue weighted by Crippen LogP contribution is -2.53. The molecule has 3 aliphatic rings. The van der Waals surface area contributed by atoms with Crippen molar-refractivity contribution < 1.29 is 24.9 Å². The van der Waals surface area contributed by atoms with Gasteiger partial charge < -0.3 is 20.1 Å². The number of esters is 1. The van der Waals surface area contributed by atoms with Gasteiger partial charge in [0, 0.05) is 23.0 Å². The summed E-state index contributed by atoms with van der Waals surface area (Å²) in [6, 6.07) is 0. The van der Waals surface area contributed by atoms with E-state index in [-0.39, 0.29) is 41.8 Å². The quantitative estimate of drug-likeness (QED) is 0.515. The largest absolute Gasteiger partial charge is 0.455 e. The Morgan fingerprint density at radius 1 is 1.35 bits per heavy atom. The molecule has 2 saturated carbocycles. The zero-order valence-corrected chi connectivity index (χ0v) is 16.2. The first kappa shape index (κ1) is 19.6. The maximum absolute atomic E-state index is 11.7. The van der Waals surface area contributed by atoms with E-state index in [0.717, 1.165) is 24.8 Å². The van der Waals surface area contributed by atoms with Gasteiger partial charge in [-0.3, -0.25) is 0 Å². The Labute approximate surface area is 155 Å². The minimum atomic E-state index is -0.985. The number of hydrogen-bond donors (Lipinski definition) is 3. The Balaban J connectivity index is 1.82. The molecule has 3 N–H and O–H groups in total. The van der Waals surface area contributed by atoms with Crippen molar-refractivity contribution in [2.75, 3.05) is 6.61 Å². The van der Waals surface area contributed by atoms with Crippen LogP contribution < -0.4 is 0 Å². The molecule has 1 heterocycles. The van der Waals surface area contributed by atoms with Crippen molar-refractivity contribution in [3.8, 4) is 0 Å². The van der Waals surface area contributed by atoms with E-state index in [4.69, 9.17) is 4.74 Å². The molecule has 0 aromatic rings. The highest BCUT2D eigenvalue weighted by Gasteiger charge is 2.63. The number of carbonyl (C=O) groups is 1. The van der Waals surface area contributed by atoms with Crippen LogP contribution in [0, 0.1) is 23.2 Å². The molecule has 0 radical (unpaired) electrons. The van der Waals surface area contributed by atoms with Gasteiger partial charge in [0.1, 0.15) is 6.10 Å². The number of aliphatic hydroxyl groups is 3. The Morgan fingerprint density at radius 2 is 2.04 bits per heavy atom. The fourth-order valence-electron chi connectivity index (χ4n) is 5.44. The van der Waals surface area contributed by atoms with E-state index in [2.05, 4.69) is 19.9 Å². The summed E-state index contributed by atoms with van der Waals surface area (Å²) in [4.78, 5) is 11.7. The van der Waals surface area contributed by atoms with Crippen molar-refractivity contribution in [3.63, 3.8) is 0 Å². The lowest BCUT2D eigenvalue weighted by atomic mass is 9.58. The number of aliphatic hydroxyl groups excluding tert-OH is 1. The van der Waals surface area contributed by atoms with Crippen LogP contribution in [0.5, 0.6) is 0 Å². The third kappa shape index (κ3) is 2.94. The molecule has 5 nitrogen and oxygen atoms in total. The summed E-state index contributed by atoms with van der Waals surface area (Å²) in [7, 11) is 0. The van der Waals surface area contributed by atoms with Crippen LogP contribution >= 0.6 is 0 Å². The third-order valence-corrected chi connectivity index (χ3v) is 7.25. The third-order valence-electron chi connectivity index (χ3n) is 7.25. The molecule has 26 heavy (non-hydrogen) atoms. The molecule has 5 heteroatoms. The lowest BCUT2D eigenvalue weighted by molar-refractivity contribution is -0.143. The van der Waals surface area contributed by atoms with E-state index in [1.165, 1.54) is 6.08 Å². The monoisotopic (exact) mass is 364 g/mol. The minimum absolute atomic E-state index is 0.105. The molecule has 146 valence electrons. The first-order valence-electron chi connectivity index (χ1n) is 9.69. The van der Waals surface area contributed by atoms with Gasteiger partial charge >= 0.3 is 5.97 Å². The molecular formula is C21H32O5. The molecule has 2 aliphatic carbocycles. The highest BCUT2D eigenvalue weighted by atomic mass is 16.5. The van der Waals surface area contributed by atoms with Crippen LogP contribution in [0.3, 0.4) is 0 Å². The fraction of sp³-hybridized carbons (Fsp3) is 0.762. The van der Waals surface area contributed by atoms with Crippen molar-refractivity contribution in [3.05, 3.63) is 23.8 Å². The van der Waals surface area contributed by atoms with Gasteiger partial charge in [0.25, 0.3) is 0 Å². The summed E-state index contributed by atoms with van der Waals surface area (Å²) < 4.78 is 5.35. The topological polar surface area (TPSA) is 87.0 Å². The van der Waals surface area contributed by atoms with Gasteiger partial charge in [0.15, 0.2) is 0 Å². The average molecular weight is 364 g/mol. The van der Waals surface area contributed by atoms with Crippen LogP contribution in [0.15, 0.2) is 23.8 Å². The van der Waals surface area contributed by atoms with Crippen molar-refractivity contribution in [1.82, 2.24) is 0 Å². The summed E-state index contributed by atoms with van der Waals surface area (Å²) in [5.41, 5.74) is -1.51. The number of carbonyl (C=O) groups excluding carboxylic acids is 1. The van der Waals surface area contributed by atoms with Crippen molar-refractivity contribution in [1.29, 1.82) is 0 Å². The summed E-state index contributed by atoms with van der Waals surface area (Å²) in [6.45, 7) is 7.56. The highest BCUT2D eigenvalue weighted by Crippen LogP contribution is 2.62. The number of fused-ring (bicyclic) bond motifs is 3. The summed E-state index contributed by atoms with van der Waals surface area (Å²) in [5, 5.41) is 31.2. The molecule has 2 fully saturated rings. The average Bonchev–Trinajstić information content (AvgIpc) is 3.04. The van der Waals surface area contributed by atoms with Gasteiger partial charge in [-0.25, -0.2) is 4.79 Å². The molecular weight excluding hydrogens is 332 g/mol. The summed E-state index contributed by atoms with van der Waals surface area (Å²) >= 11 is 0. The van der Waals surface area contributed by atoms with Crippen LogP contribution in [-0.2, 0) is 9.53 Å². The second kappa shape index (κ2) is 6.47. The molecule has 0 aromatic heterocycles. The van der Waals surface area contributed by atoms with Gasteiger partial charge in [-0.1, -0.05) is 26.0 Å². The maximum atomic E-state index is 11.7. The Bertz CT molecular complexity index is 631. The van der Waals surface area contributed by atoms with Crippen LogP contribution in [0.4, 0.5) is 0 Å². The van der Waals surface area contributed by atoms with Crippen LogP contribution in [0.25, 0.3) is 0 Å². The van der Waals surface area contributed by atoms with E-state index < -0.39 is 11.2 Å². The second-order valence-electron chi connectivity index (χ2n) is 9.17. The first-order chi connectivity index (χ1) is 12.0. The Morgan fingerprint density at radius 3 is 2.65 bits per heavy atom. The predicted molar refractivity (Wildman–Crippen MR) is 98.2 cm³/mol. The van der Waals surface area contributed by atoms with Gasteiger partial charge in [-0.15, -0.1) is 0 Å². The van der Waals surface area contributed by atoms with E-state index in [1.807, 2.05) is 6.08 Å². The molecule has 0 spiro atoms. The van der Waals surface area contributed by atoms with Crippen molar-refractivity contribution in [2.24, 2.45) is 23.2 Å². The number of hydrogen-bond acceptors (Lipinski definition) is 5. The molecule has 3 rings (SSSR count). The van der Waals surface area contributed by atoms with Crippen LogP contribution in [0.2, 0.25) is 0 Å². The van der Waals surface area contributed by atoms with Gasteiger partial charge in [-0.05, 0) is 51.4 Å². The van der Waals surface area contributed by atoms with Crippen LogP contribution in [0.1, 0.15) is 53.4 Å². The predicted octanol–water partition coefficient (Wildman–Crippen LogP) is 2.35. The summed E-state index contributed by atoms with van der Waals surface area (Å²) in [5.74, 6) is -0.199. The molecule has 0 unspecified atom stereocenters. The Hall–Kier alpha value is -1.17. The van der Waals surface area contributed by atoms with Crippen LogP contribution in [-0.4, -0.2) is 45.2 Å². The standard InChI is InChI=1S/C21H32O5/c1-13(5-6-14(12-22)19(2,3)24)15-7-10-21(25)16-11-18(23)26-17(16)8-9-20(15,21)4/h5-6,11,13-15,17,22,24-25H,7-10,12H2,1-4H3/b6-5-/t13-,14-,15-,17+,20-,21-/m1/s1. The molecule has 0 aromatic carbocycles. The Kier molecular flexibility index (Phi) is 4.87. The van der Waals surface area contributed by atoms with Crippen molar-refractivity contribution >= 4 is 5.97 Å². The first-order valence-corrected chi connectivity index (χ1v) is 9.69. The molecule has 0 amide bonds. The zero-order valence-electron chi connectivity index (χ0n) is 16.2. The SMILES string of the molecule is C[C@H](/C=C\[C@H](CO)C(C)(C)O)[C@H]1CC[C@@]2(O)C3=CC(=O)O[C@H]3CC[C@]12C. The number of ether oxygens (including phenoxy) is 1. The van der Waals surface area contributed by atoms with Gasteiger partial charge in [0.05, 0.1) is 17.8 Å². The lowest BCUT2D eigenvalue weighted by Gasteiger charge is -2.50. The van der Waals surface area contributed by atoms with Gasteiger partial charge in [0.2, 0.25) is 0 Å². The van der Waals surface area contributed by atoms with Crippen molar-refractivity contribution in [2.45, 2.75) is 70.7 Å². The summed E-state index contributed by atoms with van der Waals surface area (Å²) in [6.07, 6.45) is 8.29. The van der Waals surface area contributed by atoms with Gasteiger partial charge in [-0.2, -0.15) is 0 Å². The smallest absolute Gasteiger partial charge is 0.331 e. The molecule has 0 saturated heterocycles. The van der Waals surface area contributed by atoms with E-state index in [1.54, 1.807) is 13.8 Å². The molecule has 1 aliphatic heterocycles. The normalized spacial score (nSPS) is 39.3. The number of allylic oxidation sites excluding steroid dienone is 1.